The summed E-state index contributed by atoms with van der Waals surface area (Å²) in [6.45, 7) is 0. The van der Waals surface area contributed by atoms with E-state index in [0.29, 0.717) is 5.56 Å². The van der Waals surface area contributed by atoms with Crippen LogP contribution >= 0.6 is 0 Å². The van der Waals surface area contributed by atoms with Gasteiger partial charge in [-0.1, -0.05) is 12.1 Å². The van der Waals surface area contributed by atoms with Crippen LogP contribution in [0.3, 0.4) is 0 Å². The number of nitrogens with one attached hydrogen (secondary N) is 2. The average molecular weight is 259 g/mol. The van der Waals surface area contributed by atoms with E-state index in [1.807, 2.05) is 0 Å². The van der Waals surface area contributed by atoms with E-state index < -0.39 is 10.8 Å². The van der Waals surface area contributed by atoms with Gasteiger partial charge in [-0.3, -0.25) is 20.0 Å². The molecule has 2 aromatic rings. The molecule has 0 saturated heterocycles. The van der Waals surface area contributed by atoms with Gasteiger partial charge in [-0.25, -0.2) is 5.43 Å². The molecule has 1 aromatic heterocycles. The van der Waals surface area contributed by atoms with Crippen molar-refractivity contribution in [2.45, 2.75) is 0 Å². The lowest BCUT2D eigenvalue weighted by Gasteiger charge is -1.97. The van der Waals surface area contributed by atoms with Crippen LogP contribution in [-0.4, -0.2) is 27.2 Å². The molecular formula is C11H9N5O3. The molecule has 0 bridgehead atoms. The van der Waals surface area contributed by atoms with E-state index in [9.17, 15) is 14.9 Å². The van der Waals surface area contributed by atoms with Gasteiger partial charge in [0.2, 0.25) is 0 Å². The topological polar surface area (TPSA) is 113 Å². The number of amides is 1. The van der Waals surface area contributed by atoms with Crippen LogP contribution in [0.15, 0.2) is 41.6 Å². The van der Waals surface area contributed by atoms with Gasteiger partial charge in [0.25, 0.3) is 11.6 Å². The summed E-state index contributed by atoms with van der Waals surface area (Å²) in [6, 6.07) is 7.57. The van der Waals surface area contributed by atoms with Gasteiger partial charge in [0.1, 0.15) is 5.69 Å². The number of nitro groups is 1. The monoisotopic (exact) mass is 259 g/mol. The minimum atomic E-state index is -0.516. The van der Waals surface area contributed by atoms with E-state index >= 15 is 0 Å². The Balaban J connectivity index is 2.07. The Morgan fingerprint density at radius 2 is 2.21 bits per heavy atom. The maximum Gasteiger partial charge on any atom is 0.289 e. The number of aromatic amines is 1. The first kappa shape index (κ1) is 12.4. The summed E-state index contributed by atoms with van der Waals surface area (Å²) >= 11 is 0. The zero-order valence-corrected chi connectivity index (χ0v) is 9.61. The molecule has 2 N–H and O–H groups in total. The zero-order valence-electron chi connectivity index (χ0n) is 9.61. The molecule has 2 rings (SSSR count). The molecule has 0 radical (unpaired) electrons. The van der Waals surface area contributed by atoms with Gasteiger partial charge in [-0.2, -0.15) is 10.2 Å². The highest BCUT2D eigenvalue weighted by Gasteiger charge is 2.10. The number of nitrogens with zero attached hydrogens (tertiary/aromatic N) is 3. The summed E-state index contributed by atoms with van der Waals surface area (Å²) in [5.74, 6) is -0.479. The van der Waals surface area contributed by atoms with Gasteiger partial charge in [0.05, 0.1) is 16.7 Å². The van der Waals surface area contributed by atoms with Gasteiger partial charge >= 0.3 is 0 Å². The predicted octanol–water partition coefficient (Wildman–Crippen LogP) is 1.08. The molecule has 96 valence electrons. The van der Waals surface area contributed by atoms with E-state index in [0.717, 1.165) is 0 Å². The molecule has 0 aliphatic rings. The third kappa shape index (κ3) is 3.00. The number of hydrogen-bond donors (Lipinski definition) is 2. The van der Waals surface area contributed by atoms with Crippen LogP contribution in [0.5, 0.6) is 0 Å². The summed E-state index contributed by atoms with van der Waals surface area (Å²) < 4.78 is 0. The summed E-state index contributed by atoms with van der Waals surface area (Å²) in [7, 11) is 0. The third-order valence-electron chi connectivity index (χ3n) is 2.25. The fraction of sp³-hybridized carbons (Fsp3) is 0. The van der Waals surface area contributed by atoms with E-state index in [-0.39, 0.29) is 11.4 Å². The molecule has 1 heterocycles. The highest BCUT2D eigenvalue weighted by atomic mass is 16.6. The molecule has 0 saturated carbocycles. The quantitative estimate of drug-likeness (QED) is 0.485. The van der Waals surface area contributed by atoms with Crippen molar-refractivity contribution in [1.29, 1.82) is 0 Å². The molecule has 0 aliphatic heterocycles. The van der Waals surface area contributed by atoms with Gasteiger partial charge in [0.15, 0.2) is 0 Å². The first-order chi connectivity index (χ1) is 9.18. The number of para-hydroxylation sites is 1. The maximum atomic E-state index is 11.5. The minimum Gasteiger partial charge on any atom is -0.273 e. The summed E-state index contributed by atoms with van der Waals surface area (Å²) in [4.78, 5) is 21.7. The van der Waals surface area contributed by atoms with Crippen LogP contribution in [-0.2, 0) is 0 Å². The number of benzene rings is 1. The second-order valence-electron chi connectivity index (χ2n) is 3.49. The normalized spacial score (nSPS) is 10.5. The van der Waals surface area contributed by atoms with E-state index in [1.165, 1.54) is 30.6 Å². The van der Waals surface area contributed by atoms with Crippen molar-refractivity contribution in [2.24, 2.45) is 5.10 Å². The Morgan fingerprint density at radius 3 is 2.89 bits per heavy atom. The lowest BCUT2D eigenvalue weighted by Crippen LogP contribution is -2.18. The van der Waals surface area contributed by atoms with Gasteiger partial charge in [-0.15, -0.1) is 0 Å². The highest BCUT2D eigenvalue weighted by molar-refractivity contribution is 5.93. The van der Waals surface area contributed by atoms with Crippen LogP contribution in [0.1, 0.15) is 16.1 Å². The molecule has 1 amide bonds. The molecule has 8 nitrogen and oxygen atoms in total. The molecule has 0 spiro atoms. The van der Waals surface area contributed by atoms with Gasteiger partial charge in [-0.05, 0) is 12.1 Å². The number of rotatable bonds is 4. The average Bonchev–Trinajstić information content (AvgIpc) is 2.93. The minimum absolute atomic E-state index is 0.0814. The number of H-pyrrole nitrogens is 1. The Bertz CT molecular complexity index is 621. The molecule has 1 aromatic carbocycles. The van der Waals surface area contributed by atoms with Crippen molar-refractivity contribution in [3.05, 3.63) is 57.9 Å². The van der Waals surface area contributed by atoms with E-state index in [4.69, 9.17) is 0 Å². The Labute approximate surface area is 107 Å². The van der Waals surface area contributed by atoms with Crippen molar-refractivity contribution in [3.63, 3.8) is 0 Å². The Hall–Kier alpha value is -3.03. The predicted molar refractivity (Wildman–Crippen MR) is 66.7 cm³/mol. The van der Waals surface area contributed by atoms with E-state index in [2.05, 4.69) is 20.7 Å². The van der Waals surface area contributed by atoms with Crippen molar-refractivity contribution < 1.29 is 9.72 Å². The van der Waals surface area contributed by atoms with Crippen LogP contribution in [0.4, 0.5) is 5.69 Å². The molecule has 8 heteroatoms. The van der Waals surface area contributed by atoms with Crippen molar-refractivity contribution in [2.75, 3.05) is 0 Å². The molecule has 19 heavy (non-hydrogen) atoms. The highest BCUT2D eigenvalue weighted by Crippen LogP contribution is 2.14. The van der Waals surface area contributed by atoms with Gasteiger partial charge < -0.3 is 0 Å². The van der Waals surface area contributed by atoms with Crippen molar-refractivity contribution in [3.8, 4) is 0 Å². The maximum absolute atomic E-state index is 11.5. The van der Waals surface area contributed by atoms with E-state index in [1.54, 1.807) is 12.1 Å². The van der Waals surface area contributed by atoms with Gasteiger partial charge in [0, 0.05) is 12.3 Å². The lowest BCUT2D eigenvalue weighted by atomic mass is 10.2. The molecule has 0 atom stereocenters. The van der Waals surface area contributed by atoms with Crippen LogP contribution in [0, 0.1) is 10.1 Å². The Kier molecular flexibility index (Phi) is 3.62. The summed E-state index contributed by atoms with van der Waals surface area (Å²) in [5.41, 5.74) is 2.71. The second-order valence-corrected chi connectivity index (χ2v) is 3.49. The van der Waals surface area contributed by atoms with Crippen LogP contribution < -0.4 is 5.43 Å². The molecular weight excluding hydrogens is 250 g/mol. The SMILES string of the molecule is O=C(NN=Cc1ccccc1[N+](=O)[O-])c1ccn[nH]1. The summed E-state index contributed by atoms with van der Waals surface area (Å²) in [6.07, 6.45) is 2.65. The summed E-state index contributed by atoms with van der Waals surface area (Å²) in [5, 5.41) is 20.5. The Morgan fingerprint density at radius 1 is 1.42 bits per heavy atom. The number of nitro benzene ring substituents is 1. The number of aromatic nitrogens is 2. The van der Waals surface area contributed by atoms with Crippen LogP contribution in [0.25, 0.3) is 0 Å². The number of hydrogen-bond acceptors (Lipinski definition) is 5. The molecule has 0 aliphatic carbocycles. The smallest absolute Gasteiger partial charge is 0.273 e. The third-order valence-corrected chi connectivity index (χ3v) is 2.25. The largest absolute Gasteiger partial charge is 0.289 e. The van der Waals surface area contributed by atoms with Crippen molar-refractivity contribution in [1.82, 2.24) is 15.6 Å². The molecule has 0 unspecified atom stereocenters. The standard InChI is InChI=1S/C11H9N5O3/c17-11(9-5-6-12-14-9)15-13-7-8-3-1-2-4-10(8)16(18)19/h1-7H,(H,12,14)(H,15,17). The first-order valence-electron chi connectivity index (χ1n) is 5.24. The number of hydrazone groups is 1. The second kappa shape index (κ2) is 5.54. The van der Waals surface area contributed by atoms with Crippen molar-refractivity contribution >= 4 is 17.8 Å². The van der Waals surface area contributed by atoms with Crippen LogP contribution in [0.2, 0.25) is 0 Å². The fourth-order valence-electron chi connectivity index (χ4n) is 1.37. The fourth-order valence-corrected chi connectivity index (χ4v) is 1.37. The zero-order chi connectivity index (χ0) is 13.7. The number of carbonyl (C=O) groups excluding carboxylic acids is 1. The molecule has 0 fully saturated rings. The lowest BCUT2D eigenvalue weighted by molar-refractivity contribution is -0.385. The first-order valence-corrected chi connectivity index (χ1v) is 5.24. The number of carbonyl (C=O) groups is 1.